The molecular weight excluding hydrogens is 178 g/mol. The molecule has 4 heteroatoms. The fourth-order valence-electron chi connectivity index (χ4n) is 1.32. The number of anilines is 1. The van der Waals surface area contributed by atoms with Gasteiger partial charge in [0.2, 0.25) is 0 Å². The van der Waals surface area contributed by atoms with E-state index in [9.17, 15) is 5.11 Å². The lowest BCUT2D eigenvalue weighted by atomic mass is 10.1. The van der Waals surface area contributed by atoms with E-state index in [0.29, 0.717) is 11.5 Å². The summed E-state index contributed by atoms with van der Waals surface area (Å²) in [4.78, 5) is 7.30. The summed E-state index contributed by atoms with van der Waals surface area (Å²) >= 11 is 0. The minimum Gasteiger partial charge on any atom is -0.399 e. The lowest BCUT2D eigenvalue weighted by Crippen LogP contribution is -2.17. The van der Waals surface area contributed by atoms with Crippen LogP contribution in [-0.4, -0.2) is 15.1 Å². The van der Waals surface area contributed by atoms with Crippen LogP contribution in [0.5, 0.6) is 0 Å². The predicted octanol–water partition coefficient (Wildman–Crippen LogP) is 1.37. The van der Waals surface area contributed by atoms with Crippen molar-refractivity contribution in [2.24, 2.45) is 0 Å². The van der Waals surface area contributed by atoms with Gasteiger partial charge in [-0.1, -0.05) is 0 Å². The molecule has 0 saturated heterocycles. The molecule has 14 heavy (non-hydrogen) atoms. The number of fused-ring (bicyclic) bond motifs is 1. The average Bonchev–Trinajstić information content (AvgIpc) is 2.45. The minimum atomic E-state index is -0.951. The van der Waals surface area contributed by atoms with Gasteiger partial charge in [-0.2, -0.15) is 0 Å². The number of nitrogens with zero attached hydrogens (tertiary/aromatic N) is 1. The number of aromatic amines is 1. The van der Waals surface area contributed by atoms with Gasteiger partial charge in [0, 0.05) is 5.69 Å². The van der Waals surface area contributed by atoms with Crippen molar-refractivity contribution in [3.63, 3.8) is 0 Å². The highest BCUT2D eigenvalue weighted by Crippen LogP contribution is 2.21. The molecule has 4 nitrogen and oxygen atoms in total. The van der Waals surface area contributed by atoms with Gasteiger partial charge >= 0.3 is 0 Å². The van der Waals surface area contributed by atoms with Crippen molar-refractivity contribution in [3.8, 4) is 0 Å². The van der Waals surface area contributed by atoms with Crippen LogP contribution in [0.3, 0.4) is 0 Å². The zero-order valence-corrected chi connectivity index (χ0v) is 8.20. The van der Waals surface area contributed by atoms with Crippen molar-refractivity contribution >= 4 is 16.7 Å². The normalized spacial score (nSPS) is 12.2. The smallest absolute Gasteiger partial charge is 0.138 e. The van der Waals surface area contributed by atoms with E-state index in [1.165, 1.54) is 0 Å². The van der Waals surface area contributed by atoms with E-state index in [-0.39, 0.29) is 0 Å². The van der Waals surface area contributed by atoms with Crippen LogP contribution in [0.1, 0.15) is 19.7 Å². The van der Waals surface area contributed by atoms with Gasteiger partial charge in [-0.3, -0.25) is 0 Å². The van der Waals surface area contributed by atoms with Crippen LogP contribution in [-0.2, 0) is 5.60 Å². The Morgan fingerprint density at radius 3 is 2.79 bits per heavy atom. The SMILES string of the molecule is CC(C)(O)c1nc2ccc(N)cc2[nH]1. The molecule has 0 fully saturated rings. The summed E-state index contributed by atoms with van der Waals surface area (Å²) in [6, 6.07) is 5.42. The number of aliphatic hydroxyl groups is 1. The molecule has 0 unspecified atom stereocenters. The molecule has 0 radical (unpaired) electrons. The van der Waals surface area contributed by atoms with Crippen LogP contribution in [0.4, 0.5) is 5.69 Å². The summed E-state index contributed by atoms with van der Waals surface area (Å²) in [5, 5.41) is 9.73. The molecule has 0 amide bonds. The molecule has 0 saturated carbocycles. The van der Waals surface area contributed by atoms with Crippen LogP contribution in [0.15, 0.2) is 18.2 Å². The summed E-state index contributed by atoms with van der Waals surface area (Å²) < 4.78 is 0. The number of rotatable bonds is 1. The fraction of sp³-hybridized carbons (Fsp3) is 0.300. The predicted molar refractivity (Wildman–Crippen MR) is 55.8 cm³/mol. The van der Waals surface area contributed by atoms with Crippen molar-refractivity contribution < 1.29 is 5.11 Å². The number of nitrogen functional groups attached to an aromatic ring is 1. The number of hydrogen-bond donors (Lipinski definition) is 3. The van der Waals surface area contributed by atoms with Gasteiger partial charge in [-0.05, 0) is 32.0 Å². The van der Waals surface area contributed by atoms with Crippen LogP contribution < -0.4 is 5.73 Å². The number of imidazole rings is 1. The van der Waals surface area contributed by atoms with Gasteiger partial charge in [0.25, 0.3) is 0 Å². The van der Waals surface area contributed by atoms with Gasteiger partial charge in [0.05, 0.1) is 11.0 Å². The number of hydrogen-bond acceptors (Lipinski definition) is 3. The maximum atomic E-state index is 9.73. The Hall–Kier alpha value is -1.55. The highest BCUT2D eigenvalue weighted by molar-refractivity contribution is 5.78. The Labute approximate surface area is 81.8 Å². The first kappa shape index (κ1) is 9.02. The molecule has 0 aliphatic rings. The Morgan fingerprint density at radius 1 is 1.43 bits per heavy atom. The second-order valence-corrected chi connectivity index (χ2v) is 3.92. The maximum Gasteiger partial charge on any atom is 0.138 e. The van der Waals surface area contributed by atoms with Gasteiger partial charge < -0.3 is 15.8 Å². The summed E-state index contributed by atoms with van der Waals surface area (Å²) in [6.07, 6.45) is 0. The molecule has 0 aliphatic heterocycles. The fourth-order valence-corrected chi connectivity index (χ4v) is 1.32. The first-order chi connectivity index (χ1) is 6.47. The number of nitrogens with one attached hydrogen (secondary N) is 1. The Bertz CT molecular complexity index is 468. The third-order valence-corrected chi connectivity index (χ3v) is 2.09. The quantitative estimate of drug-likeness (QED) is 0.596. The number of H-pyrrole nitrogens is 1. The van der Waals surface area contributed by atoms with Gasteiger partial charge in [0.15, 0.2) is 0 Å². The zero-order chi connectivity index (χ0) is 10.3. The molecule has 2 rings (SSSR count). The topological polar surface area (TPSA) is 74.9 Å². The van der Waals surface area contributed by atoms with Crippen LogP contribution >= 0.6 is 0 Å². The van der Waals surface area contributed by atoms with E-state index < -0.39 is 5.60 Å². The van der Waals surface area contributed by atoms with Gasteiger partial charge in [-0.15, -0.1) is 0 Å². The molecule has 1 aromatic heterocycles. The van der Waals surface area contributed by atoms with Crippen molar-refractivity contribution in [2.75, 3.05) is 5.73 Å². The van der Waals surface area contributed by atoms with E-state index in [4.69, 9.17) is 5.73 Å². The second-order valence-electron chi connectivity index (χ2n) is 3.92. The van der Waals surface area contributed by atoms with Gasteiger partial charge in [0.1, 0.15) is 11.4 Å². The van der Waals surface area contributed by atoms with E-state index in [0.717, 1.165) is 11.0 Å². The second kappa shape index (κ2) is 2.72. The standard InChI is InChI=1S/C10H13N3O/c1-10(2,14)9-12-7-4-3-6(11)5-8(7)13-9/h3-5,14H,11H2,1-2H3,(H,12,13). The zero-order valence-electron chi connectivity index (χ0n) is 8.20. The molecule has 4 N–H and O–H groups in total. The lowest BCUT2D eigenvalue weighted by Gasteiger charge is -2.12. The van der Waals surface area contributed by atoms with E-state index in [2.05, 4.69) is 9.97 Å². The average molecular weight is 191 g/mol. The molecule has 0 bridgehead atoms. The van der Waals surface area contributed by atoms with Crippen molar-refractivity contribution in [1.29, 1.82) is 0 Å². The number of benzene rings is 1. The van der Waals surface area contributed by atoms with Crippen LogP contribution in [0, 0.1) is 0 Å². The largest absolute Gasteiger partial charge is 0.399 e. The molecular formula is C10H13N3O. The summed E-state index contributed by atoms with van der Waals surface area (Å²) in [6.45, 7) is 3.38. The molecule has 74 valence electrons. The van der Waals surface area contributed by atoms with Crippen LogP contribution in [0.25, 0.3) is 11.0 Å². The summed E-state index contributed by atoms with van der Waals surface area (Å²) in [5.41, 5.74) is 7.03. The first-order valence-electron chi connectivity index (χ1n) is 4.45. The van der Waals surface area contributed by atoms with E-state index in [1.54, 1.807) is 26.0 Å². The maximum absolute atomic E-state index is 9.73. The molecule has 1 aromatic carbocycles. The van der Waals surface area contributed by atoms with Crippen molar-refractivity contribution in [3.05, 3.63) is 24.0 Å². The molecule has 0 atom stereocenters. The lowest BCUT2D eigenvalue weighted by molar-refractivity contribution is 0.0700. The third-order valence-electron chi connectivity index (χ3n) is 2.09. The number of aromatic nitrogens is 2. The Morgan fingerprint density at radius 2 is 2.14 bits per heavy atom. The minimum absolute atomic E-state index is 0.554. The summed E-state index contributed by atoms with van der Waals surface area (Å²) in [5.74, 6) is 0.554. The number of nitrogens with two attached hydrogens (primary N) is 1. The first-order valence-corrected chi connectivity index (χ1v) is 4.45. The molecule has 0 spiro atoms. The molecule has 2 aromatic rings. The third kappa shape index (κ3) is 1.44. The highest BCUT2D eigenvalue weighted by Gasteiger charge is 2.20. The highest BCUT2D eigenvalue weighted by atomic mass is 16.3. The van der Waals surface area contributed by atoms with Crippen LogP contribution in [0.2, 0.25) is 0 Å². The van der Waals surface area contributed by atoms with Crippen molar-refractivity contribution in [2.45, 2.75) is 19.4 Å². The van der Waals surface area contributed by atoms with Crippen molar-refractivity contribution in [1.82, 2.24) is 9.97 Å². The Kier molecular flexibility index (Phi) is 1.75. The van der Waals surface area contributed by atoms with Gasteiger partial charge in [-0.25, -0.2) is 4.98 Å². The summed E-state index contributed by atoms with van der Waals surface area (Å²) in [7, 11) is 0. The van der Waals surface area contributed by atoms with E-state index in [1.807, 2.05) is 6.07 Å². The molecule has 1 heterocycles. The van der Waals surface area contributed by atoms with E-state index >= 15 is 0 Å². The monoisotopic (exact) mass is 191 g/mol. The Balaban J connectivity index is 2.63. The molecule has 0 aliphatic carbocycles.